The van der Waals surface area contributed by atoms with Crippen LogP contribution in [0.5, 0.6) is 0 Å². The standard InChI is InChI=1S/C10H15N5/c1-8(3-11)15-7-12-5-10(15)9-4-13-14(2)6-9/h4-8H,3,11H2,1-2H3. The maximum absolute atomic E-state index is 5.65. The molecule has 0 aliphatic rings. The largest absolute Gasteiger partial charge is 0.328 e. The van der Waals surface area contributed by atoms with Gasteiger partial charge in [0.2, 0.25) is 0 Å². The van der Waals surface area contributed by atoms with Crippen LogP contribution in [0.15, 0.2) is 24.9 Å². The number of rotatable bonds is 3. The number of imidazole rings is 1. The predicted molar refractivity (Wildman–Crippen MR) is 58.2 cm³/mol. The van der Waals surface area contributed by atoms with E-state index in [9.17, 15) is 0 Å². The Bertz CT molecular complexity index is 442. The maximum atomic E-state index is 5.65. The van der Waals surface area contributed by atoms with Crippen molar-refractivity contribution in [3.05, 3.63) is 24.9 Å². The highest BCUT2D eigenvalue weighted by atomic mass is 15.2. The van der Waals surface area contributed by atoms with Gasteiger partial charge in [-0.05, 0) is 6.92 Å². The van der Waals surface area contributed by atoms with E-state index in [1.54, 1.807) is 11.0 Å². The molecule has 2 heterocycles. The summed E-state index contributed by atoms with van der Waals surface area (Å²) in [6, 6.07) is 0.253. The van der Waals surface area contributed by atoms with Gasteiger partial charge >= 0.3 is 0 Å². The van der Waals surface area contributed by atoms with Crippen molar-refractivity contribution in [3.8, 4) is 11.3 Å². The summed E-state index contributed by atoms with van der Waals surface area (Å²) >= 11 is 0. The molecule has 0 saturated heterocycles. The summed E-state index contributed by atoms with van der Waals surface area (Å²) in [6.07, 6.45) is 7.44. The van der Waals surface area contributed by atoms with Crippen molar-refractivity contribution < 1.29 is 0 Å². The first kappa shape index (κ1) is 9.92. The summed E-state index contributed by atoms with van der Waals surface area (Å²) < 4.78 is 3.84. The minimum atomic E-state index is 0.253. The first-order valence-corrected chi connectivity index (χ1v) is 4.93. The van der Waals surface area contributed by atoms with Crippen LogP contribution in [0.25, 0.3) is 11.3 Å². The molecule has 0 aliphatic heterocycles. The number of hydrogen-bond donors (Lipinski definition) is 1. The molecule has 15 heavy (non-hydrogen) atoms. The topological polar surface area (TPSA) is 61.7 Å². The zero-order valence-corrected chi connectivity index (χ0v) is 8.96. The lowest BCUT2D eigenvalue weighted by molar-refractivity contribution is 0.563. The smallest absolute Gasteiger partial charge is 0.0953 e. The zero-order valence-electron chi connectivity index (χ0n) is 8.96. The third-order valence-electron chi connectivity index (χ3n) is 2.48. The molecule has 0 fully saturated rings. The summed E-state index contributed by atoms with van der Waals surface area (Å²) in [6.45, 7) is 2.67. The molecule has 0 radical (unpaired) electrons. The van der Waals surface area contributed by atoms with Crippen molar-refractivity contribution in [3.63, 3.8) is 0 Å². The second kappa shape index (κ2) is 3.86. The summed E-state index contributed by atoms with van der Waals surface area (Å²) in [5.41, 5.74) is 7.77. The highest BCUT2D eigenvalue weighted by molar-refractivity contribution is 5.56. The van der Waals surface area contributed by atoms with Crippen molar-refractivity contribution in [2.24, 2.45) is 12.8 Å². The average molecular weight is 205 g/mol. The lowest BCUT2D eigenvalue weighted by atomic mass is 10.2. The second-order valence-electron chi connectivity index (χ2n) is 3.67. The first-order valence-electron chi connectivity index (χ1n) is 4.93. The van der Waals surface area contributed by atoms with Gasteiger partial charge < -0.3 is 10.3 Å². The molecule has 0 spiro atoms. The van der Waals surface area contributed by atoms with Gasteiger partial charge in [-0.15, -0.1) is 0 Å². The highest BCUT2D eigenvalue weighted by Gasteiger charge is 2.10. The summed E-state index contributed by atoms with van der Waals surface area (Å²) in [5, 5.41) is 4.14. The van der Waals surface area contributed by atoms with E-state index >= 15 is 0 Å². The monoisotopic (exact) mass is 205 g/mol. The molecule has 2 aromatic rings. The molecule has 1 unspecified atom stereocenters. The quantitative estimate of drug-likeness (QED) is 0.806. The fourth-order valence-electron chi connectivity index (χ4n) is 1.55. The number of hydrogen-bond acceptors (Lipinski definition) is 3. The zero-order chi connectivity index (χ0) is 10.8. The van der Waals surface area contributed by atoms with Gasteiger partial charge in [0.05, 0.1) is 24.4 Å². The van der Waals surface area contributed by atoms with Crippen molar-refractivity contribution in [2.45, 2.75) is 13.0 Å². The molecule has 0 bridgehead atoms. The predicted octanol–water partition coefficient (Wildman–Crippen LogP) is 0.803. The Labute approximate surface area is 88.5 Å². The van der Waals surface area contributed by atoms with E-state index in [2.05, 4.69) is 21.6 Å². The van der Waals surface area contributed by atoms with Gasteiger partial charge in [0.15, 0.2) is 0 Å². The Morgan fingerprint density at radius 2 is 2.27 bits per heavy atom. The van der Waals surface area contributed by atoms with Crippen LogP contribution < -0.4 is 5.73 Å². The Kier molecular flexibility index (Phi) is 2.55. The van der Waals surface area contributed by atoms with Gasteiger partial charge in [0.25, 0.3) is 0 Å². The fourth-order valence-corrected chi connectivity index (χ4v) is 1.55. The van der Waals surface area contributed by atoms with E-state index in [1.807, 2.05) is 25.6 Å². The molecule has 0 amide bonds. The summed E-state index contributed by atoms with van der Waals surface area (Å²) in [4.78, 5) is 4.15. The van der Waals surface area contributed by atoms with Crippen LogP contribution in [-0.4, -0.2) is 25.9 Å². The molecule has 5 nitrogen and oxygen atoms in total. The summed E-state index contributed by atoms with van der Waals surface area (Å²) in [7, 11) is 1.90. The van der Waals surface area contributed by atoms with Crippen molar-refractivity contribution in [1.82, 2.24) is 19.3 Å². The third-order valence-corrected chi connectivity index (χ3v) is 2.48. The molecule has 5 heteroatoms. The number of nitrogens with zero attached hydrogens (tertiary/aromatic N) is 4. The highest BCUT2D eigenvalue weighted by Crippen LogP contribution is 2.20. The molecule has 1 atom stereocenters. The molecule has 2 aromatic heterocycles. The van der Waals surface area contributed by atoms with Crippen LogP contribution in [0, 0.1) is 0 Å². The first-order chi connectivity index (χ1) is 7.22. The normalized spacial score (nSPS) is 13.0. The lowest BCUT2D eigenvalue weighted by Gasteiger charge is -2.13. The van der Waals surface area contributed by atoms with Crippen LogP contribution >= 0.6 is 0 Å². The molecular formula is C10H15N5. The minimum Gasteiger partial charge on any atom is -0.328 e. The van der Waals surface area contributed by atoms with Gasteiger partial charge in [0.1, 0.15) is 0 Å². The van der Waals surface area contributed by atoms with Gasteiger partial charge in [-0.1, -0.05) is 0 Å². The number of aryl methyl sites for hydroxylation is 1. The lowest BCUT2D eigenvalue weighted by Crippen LogP contribution is -2.15. The Hall–Kier alpha value is -1.62. The maximum Gasteiger partial charge on any atom is 0.0953 e. The third kappa shape index (κ3) is 1.78. The number of nitrogens with two attached hydrogens (primary N) is 1. The number of aromatic nitrogens is 4. The van der Waals surface area contributed by atoms with E-state index < -0.39 is 0 Å². The van der Waals surface area contributed by atoms with E-state index in [4.69, 9.17) is 5.73 Å². The average Bonchev–Trinajstić information content (AvgIpc) is 2.84. The Morgan fingerprint density at radius 3 is 2.87 bits per heavy atom. The second-order valence-corrected chi connectivity index (χ2v) is 3.67. The SMILES string of the molecule is CC(CN)n1cncc1-c1cnn(C)c1. The van der Waals surface area contributed by atoms with E-state index in [0.29, 0.717) is 6.54 Å². The molecule has 0 aromatic carbocycles. The van der Waals surface area contributed by atoms with E-state index in [1.165, 1.54) is 0 Å². The van der Waals surface area contributed by atoms with Gasteiger partial charge in [-0.2, -0.15) is 5.10 Å². The van der Waals surface area contributed by atoms with Gasteiger partial charge in [0, 0.05) is 31.4 Å². The molecule has 2 rings (SSSR count). The van der Waals surface area contributed by atoms with Crippen LogP contribution in [0.1, 0.15) is 13.0 Å². The van der Waals surface area contributed by atoms with Crippen LogP contribution in [0.3, 0.4) is 0 Å². The van der Waals surface area contributed by atoms with E-state index in [0.717, 1.165) is 11.3 Å². The molecular weight excluding hydrogens is 190 g/mol. The van der Waals surface area contributed by atoms with Crippen molar-refractivity contribution in [2.75, 3.05) is 6.54 Å². The van der Waals surface area contributed by atoms with Crippen molar-refractivity contribution in [1.29, 1.82) is 0 Å². The summed E-state index contributed by atoms with van der Waals surface area (Å²) in [5.74, 6) is 0. The van der Waals surface area contributed by atoms with Crippen LogP contribution in [0.2, 0.25) is 0 Å². The Balaban J connectivity index is 2.40. The van der Waals surface area contributed by atoms with Gasteiger partial charge in [-0.25, -0.2) is 4.98 Å². The molecule has 0 aliphatic carbocycles. The van der Waals surface area contributed by atoms with Crippen molar-refractivity contribution >= 4 is 0 Å². The molecule has 0 saturated carbocycles. The van der Waals surface area contributed by atoms with E-state index in [-0.39, 0.29) is 6.04 Å². The Morgan fingerprint density at radius 1 is 1.47 bits per heavy atom. The minimum absolute atomic E-state index is 0.253. The van der Waals surface area contributed by atoms with Crippen LogP contribution in [0.4, 0.5) is 0 Å². The van der Waals surface area contributed by atoms with Gasteiger partial charge in [-0.3, -0.25) is 4.68 Å². The molecule has 2 N–H and O–H groups in total. The fraction of sp³-hybridized carbons (Fsp3) is 0.400. The van der Waals surface area contributed by atoms with Crippen LogP contribution in [-0.2, 0) is 7.05 Å². The molecule has 80 valence electrons.